The number of aldehydes is 1. The minimum absolute atomic E-state index is 0.408. The van der Waals surface area contributed by atoms with Gasteiger partial charge in [-0.15, -0.1) is 0 Å². The lowest BCUT2D eigenvalue weighted by molar-refractivity contribution is -0.110. The summed E-state index contributed by atoms with van der Waals surface area (Å²) in [5, 5.41) is 10.3. The molecule has 0 saturated heterocycles. The Hall–Kier alpha value is -1.10. The maximum Gasteiger partial charge on any atom is 0.312 e. The molecule has 0 aliphatic heterocycles. The first kappa shape index (κ1) is 7.90. The molecule has 2 amide bonds. The first-order valence-corrected chi connectivity index (χ1v) is 2.32. The first-order valence-electron chi connectivity index (χ1n) is 2.32. The van der Waals surface area contributed by atoms with E-state index in [-0.39, 0.29) is 0 Å². The largest absolute Gasteiger partial charge is 0.394 e. The van der Waals surface area contributed by atoms with E-state index in [0.29, 0.717) is 6.29 Å². The van der Waals surface area contributed by atoms with E-state index in [1.807, 2.05) is 5.32 Å². The number of hydrogen-bond donors (Lipinski definition) is 3. The molecule has 0 bridgehead atoms. The van der Waals surface area contributed by atoms with Gasteiger partial charge in [0.05, 0.1) is 6.61 Å². The highest BCUT2D eigenvalue weighted by Gasteiger charge is 2.04. The van der Waals surface area contributed by atoms with Crippen LogP contribution in [0.4, 0.5) is 4.79 Å². The number of rotatable bonds is 3. The number of primary amides is 1. The molecule has 52 valence electrons. The van der Waals surface area contributed by atoms with Crippen molar-refractivity contribution in [3.63, 3.8) is 0 Å². The molecule has 0 aliphatic rings. The fraction of sp³-hybridized carbons (Fsp3) is 0.500. The van der Waals surface area contributed by atoms with Gasteiger partial charge < -0.3 is 21.0 Å². The molecule has 0 aromatic heterocycles. The van der Waals surface area contributed by atoms with Gasteiger partial charge >= 0.3 is 6.03 Å². The van der Waals surface area contributed by atoms with Gasteiger partial charge in [0.15, 0.2) is 0 Å². The van der Waals surface area contributed by atoms with Gasteiger partial charge in [0.1, 0.15) is 12.3 Å². The summed E-state index contributed by atoms with van der Waals surface area (Å²) in [6.07, 6.45) is 0.408. The lowest BCUT2D eigenvalue weighted by atomic mass is 10.4. The molecular weight excluding hydrogens is 124 g/mol. The summed E-state index contributed by atoms with van der Waals surface area (Å²) in [6, 6.07) is -1.69. The average Bonchev–Trinajstić information content (AvgIpc) is 1.82. The topological polar surface area (TPSA) is 92.4 Å². The summed E-state index contributed by atoms with van der Waals surface area (Å²) in [4.78, 5) is 19.8. The van der Waals surface area contributed by atoms with Gasteiger partial charge in [-0.25, -0.2) is 4.79 Å². The molecule has 5 heteroatoms. The molecule has 0 heterocycles. The van der Waals surface area contributed by atoms with Gasteiger partial charge in [-0.2, -0.15) is 0 Å². The van der Waals surface area contributed by atoms with Crippen LogP contribution < -0.4 is 11.1 Å². The predicted octanol–water partition coefficient (Wildman–Crippen LogP) is -1.79. The summed E-state index contributed by atoms with van der Waals surface area (Å²) >= 11 is 0. The van der Waals surface area contributed by atoms with Crippen LogP contribution in [-0.4, -0.2) is 30.1 Å². The Morgan fingerprint density at radius 1 is 1.89 bits per heavy atom. The van der Waals surface area contributed by atoms with Gasteiger partial charge in [-0.3, -0.25) is 0 Å². The van der Waals surface area contributed by atoms with Gasteiger partial charge in [0, 0.05) is 0 Å². The molecule has 0 unspecified atom stereocenters. The van der Waals surface area contributed by atoms with Crippen LogP contribution in [0, 0.1) is 0 Å². The van der Waals surface area contributed by atoms with E-state index in [0.717, 1.165) is 0 Å². The van der Waals surface area contributed by atoms with E-state index in [4.69, 9.17) is 5.11 Å². The molecule has 0 aromatic carbocycles. The molecule has 0 rings (SSSR count). The second kappa shape index (κ2) is 3.85. The SMILES string of the molecule is NC(=O)N[C@H](C=O)CO. The summed E-state index contributed by atoms with van der Waals surface area (Å²) < 4.78 is 0. The van der Waals surface area contributed by atoms with Crippen LogP contribution in [0.1, 0.15) is 0 Å². The highest BCUT2D eigenvalue weighted by molar-refractivity contribution is 5.76. The number of aliphatic hydroxyl groups is 1. The summed E-state index contributed by atoms with van der Waals surface area (Å²) in [7, 11) is 0. The molecule has 0 spiro atoms. The van der Waals surface area contributed by atoms with Crippen molar-refractivity contribution in [2.75, 3.05) is 6.61 Å². The van der Waals surface area contributed by atoms with Crippen LogP contribution in [0.5, 0.6) is 0 Å². The summed E-state index contributed by atoms with van der Waals surface area (Å²) in [6.45, 7) is -0.424. The summed E-state index contributed by atoms with van der Waals surface area (Å²) in [5.41, 5.74) is 4.62. The quantitative estimate of drug-likeness (QED) is 0.396. The maximum absolute atomic E-state index is 9.97. The number of aliphatic hydroxyl groups excluding tert-OH is 1. The smallest absolute Gasteiger partial charge is 0.312 e. The molecule has 9 heavy (non-hydrogen) atoms. The van der Waals surface area contributed by atoms with E-state index in [9.17, 15) is 9.59 Å². The Balaban J connectivity index is 3.55. The number of carbonyl (C=O) groups excluding carboxylic acids is 2. The minimum Gasteiger partial charge on any atom is -0.394 e. The van der Waals surface area contributed by atoms with E-state index in [1.54, 1.807) is 0 Å². The Bertz CT molecular complexity index is 114. The highest BCUT2D eigenvalue weighted by atomic mass is 16.3. The zero-order valence-corrected chi connectivity index (χ0v) is 4.70. The van der Waals surface area contributed by atoms with Crippen LogP contribution in [0.3, 0.4) is 0 Å². The molecule has 0 fully saturated rings. The third-order valence-corrected chi connectivity index (χ3v) is 0.689. The summed E-state index contributed by atoms with van der Waals surface area (Å²) in [5.74, 6) is 0. The Kier molecular flexibility index (Phi) is 3.38. The molecule has 5 nitrogen and oxygen atoms in total. The van der Waals surface area contributed by atoms with Crippen LogP contribution in [-0.2, 0) is 4.79 Å². The molecule has 1 atom stereocenters. The maximum atomic E-state index is 9.97. The predicted molar refractivity (Wildman–Crippen MR) is 29.7 cm³/mol. The van der Waals surface area contributed by atoms with Crippen LogP contribution in [0.15, 0.2) is 0 Å². The molecule has 0 radical (unpaired) electrons. The molecule has 0 aromatic rings. The zero-order chi connectivity index (χ0) is 7.28. The number of nitrogens with one attached hydrogen (secondary N) is 1. The molecule has 0 aliphatic carbocycles. The molecule has 4 N–H and O–H groups in total. The number of nitrogens with two attached hydrogens (primary N) is 1. The number of amides is 2. The van der Waals surface area contributed by atoms with Gasteiger partial charge in [0.2, 0.25) is 0 Å². The standard InChI is InChI=1S/C4H8N2O3/c5-4(9)6-3(1-7)2-8/h1,3,8H,2H2,(H3,5,6,9)/t3-/m1/s1. The van der Waals surface area contributed by atoms with Crippen molar-refractivity contribution in [1.82, 2.24) is 5.32 Å². The zero-order valence-electron chi connectivity index (χ0n) is 4.70. The fourth-order valence-electron chi connectivity index (χ4n) is 0.305. The fourth-order valence-corrected chi connectivity index (χ4v) is 0.305. The van der Waals surface area contributed by atoms with E-state index in [2.05, 4.69) is 5.73 Å². The average molecular weight is 132 g/mol. The lowest BCUT2D eigenvalue weighted by Gasteiger charge is -2.04. The van der Waals surface area contributed by atoms with Gasteiger partial charge in [0.25, 0.3) is 0 Å². The van der Waals surface area contributed by atoms with Gasteiger partial charge in [-0.1, -0.05) is 0 Å². The normalized spacial score (nSPS) is 12.1. The number of urea groups is 1. The number of hydrogen-bond acceptors (Lipinski definition) is 3. The van der Waals surface area contributed by atoms with E-state index >= 15 is 0 Å². The third kappa shape index (κ3) is 3.48. The van der Waals surface area contributed by atoms with Crippen molar-refractivity contribution in [3.05, 3.63) is 0 Å². The van der Waals surface area contributed by atoms with Crippen molar-refractivity contribution in [3.8, 4) is 0 Å². The van der Waals surface area contributed by atoms with Crippen LogP contribution >= 0.6 is 0 Å². The van der Waals surface area contributed by atoms with Crippen LogP contribution in [0.2, 0.25) is 0 Å². The first-order chi connectivity index (χ1) is 4.20. The van der Waals surface area contributed by atoms with Gasteiger partial charge in [-0.05, 0) is 0 Å². The second-order valence-electron chi connectivity index (χ2n) is 1.43. The Morgan fingerprint density at radius 3 is 2.56 bits per heavy atom. The second-order valence-corrected chi connectivity index (χ2v) is 1.43. The van der Waals surface area contributed by atoms with Crippen molar-refractivity contribution in [2.45, 2.75) is 6.04 Å². The Morgan fingerprint density at radius 2 is 2.44 bits per heavy atom. The van der Waals surface area contributed by atoms with Crippen molar-refractivity contribution < 1.29 is 14.7 Å². The third-order valence-electron chi connectivity index (χ3n) is 0.689. The van der Waals surface area contributed by atoms with Crippen molar-refractivity contribution in [2.24, 2.45) is 5.73 Å². The minimum atomic E-state index is -0.873. The van der Waals surface area contributed by atoms with E-state index < -0.39 is 18.7 Å². The van der Waals surface area contributed by atoms with Crippen molar-refractivity contribution >= 4 is 12.3 Å². The number of carbonyl (C=O) groups is 2. The highest BCUT2D eigenvalue weighted by Crippen LogP contribution is 1.71. The van der Waals surface area contributed by atoms with Crippen LogP contribution in [0.25, 0.3) is 0 Å². The Labute approximate surface area is 51.8 Å². The lowest BCUT2D eigenvalue weighted by Crippen LogP contribution is -2.41. The molecular formula is C4H8N2O3. The van der Waals surface area contributed by atoms with E-state index in [1.165, 1.54) is 0 Å². The molecule has 0 saturated carbocycles. The van der Waals surface area contributed by atoms with Crippen molar-refractivity contribution in [1.29, 1.82) is 0 Å². The monoisotopic (exact) mass is 132 g/mol.